The van der Waals surface area contributed by atoms with Gasteiger partial charge in [-0.05, 0) is 40.2 Å². The van der Waals surface area contributed by atoms with Gasteiger partial charge in [-0.3, -0.25) is 33.7 Å². The van der Waals surface area contributed by atoms with E-state index in [-0.39, 0.29) is 13.1 Å². The molecule has 0 aromatic heterocycles. The Balaban J connectivity index is 1.14. The maximum Gasteiger partial charge on any atom is 0.327 e. The minimum Gasteiger partial charge on any atom is -0.480 e. The van der Waals surface area contributed by atoms with Crippen molar-refractivity contribution in [3.63, 3.8) is 0 Å². The van der Waals surface area contributed by atoms with Gasteiger partial charge in [0.15, 0.2) is 0 Å². The average molecular weight is 716 g/mol. The Morgan fingerprint density at radius 3 is 1.96 bits per heavy atom. The van der Waals surface area contributed by atoms with E-state index >= 15 is 0 Å². The lowest BCUT2D eigenvalue weighted by molar-refractivity contribution is -0.162. The Labute approximate surface area is 290 Å². The summed E-state index contributed by atoms with van der Waals surface area (Å²) in [5.41, 5.74) is 0.372. The number of β-lactam (4-membered cyclic amide) rings is 2. The first-order valence-corrected chi connectivity index (χ1v) is 17.6. The van der Waals surface area contributed by atoms with Gasteiger partial charge in [-0.2, -0.15) is 0 Å². The lowest BCUT2D eigenvalue weighted by Gasteiger charge is -2.46. The number of aliphatic carboxylic acids is 1. The van der Waals surface area contributed by atoms with Crippen molar-refractivity contribution >= 4 is 71.0 Å². The van der Waals surface area contributed by atoms with Crippen LogP contribution in [0.25, 0.3) is 0 Å². The Kier molecular flexibility index (Phi) is 8.62. The van der Waals surface area contributed by atoms with Crippen molar-refractivity contribution in [1.82, 2.24) is 35.6 Å². The van der Waals surface area contributed by atoms with Gasteiger partial charge >= 0.3 is 23.8 Å². The van der Waals surface area contributed by atoms with Crippen LogP contribution in [0.4, 0.5) is 4.79 Å². The number of hydrogen-bond donors (Lipinski definition) is 4. The second kappa shape index (κ2) is 12.2. The van der Waals surface area contributed by atoms with Crippen LogP contribution in [-0.2, 0) is 33.6 Å². The summed E-state index contributed by atoms with van der Waals surface area (Å²) < 4.78 is -1.60. The number of carbonyl (C=O) groups excluding carboxylic acids is 7. The Morgan fingerprint density at radius 2 is 1.39 bits per heavy atom. The summed E-state index contributed by atoms with van der Waals surface area (Å²) in [4.78, 5) is 109. The largest absolute Gasteiger partial charge is 0.480 e. The van der Waals surface area contributed by atoms with Crippen molar-refractivity contribution in [3.8, 4) is 0 Å². The number of carbonyl (C=O) groups is 8. The van der Waals surface area contributed by atoms with Crippen molar-refractivity contribution in [1.29, 1.82) is 0 Å². The predicted molar refractivity (Wildman–Crippen MR) is 175 cm³/mol. The summed E-state index contributed by atoms with van der Waals surface area (Å²) in [7, 11) is 0. The summed E-state index contributed by atoms with van der Waals surface area (Å²) in [6.45, 7) is 9.14. The van der Waals surface area contributed by atoms with E-state index in [1.54, 1.807) is 65.0 Å². The molecule has 5 fully saturated rings. The highest BCUT2D eigenvalue weighted by Crippen LogP contribution is 2.53. The fraction of sp³-hybridized carbons (Fsp3) is 0.548. The standard InChI is InChI=1S/C31H37N7O9S2/c1-6-35-12-13-36(25(44)24(35)43)29(47)34-15(14-10-8-7-9-11-14)20(39)32-16-22(41)37-18(30(2,3)48-26(16)37)21(40)33-17-23(42)38-19(28(45)46)31(4,5)49-27(17)38/h7-11,15-19,26-27H,6,12-13H2,1-5H3,(H,32,39)(H,33,40)(H,34,47)(H,45,46)/t15-,16-,17-,18+,19+,26-,27-/m1/s1. The van der Waals surface area contributed by atoms with Gasteiger partial charge in [0.1, 0.15) is 41.0 Å². The summed E-state index contributed by atoms with van der Waals surface area (Å²) in [6, 6.07) is 1.95. The summed E-state index contributed by atoms with van der Waals surface area (Å²) in [6.07, 6.45) is 0. The van der Waals surface area contributed by atoms with Crippen molar-refractivity contribution in [2.24, 2.45) is 0 Å². The van der Waals surface area contributed by atoms with Crippen LogP contribution in [0.1, 0.15) is 46.2 Å². The molecule has 49 heavy (non-hydrogen) atoms. The van der Waals surface area contributed by atoms with E-state index in [1.807, 2.05) is 0 Å². The highest BCUT2D eigenvalue weighted by molar-refractivity contribution is 8.02. The Bertz CT molecular complexity index is 1660. The topological polar surface area (TPSA) is 206 Å². The van der Waals surface area contributed by atoms with E-state index in [0.29, 0.717) is 12.1 Å². The number of rotatable bonds is 8. The number of piperazine rings is 1. The van der Waals surface area contributed by atoms with E-state index in [4.69, 9.17) is 0 Å². The number of nitrogens with zero attached hydrogens (tertiary/aromatic N) is 4. The Hall–Kier alpha value is -4.32. The smallest absolute Gasteiger partial charge is 0.327 e. The number of carboxylic acid groups (broad SMARTS) is 1. The van der Waals surface area contributed by atoms with Crippen LogP contribution in [-0.4, -0.2) is 136 Å². The number of benzene rings is 1. The molecule has 0 bridgehead atoms. The summed E-state index contributed by atoms with van der Waals surface area (Å²) in [5, 5.41) is 16.5. The van der Waals surface area contributed by atoms with Crippen molar-refractivity contribution < 1.29 is 43.5 Å². The molecule has 8 amide bonds. The van der Waals surface area contributed by atoms with Gasteiger partial charge in [-0.15, -0.1) is 23.5 Å². The van der Waals surface area contributed by atoms with Gasteiger partial charge in [0, 0.05) is 29.1 Å². The normalized spacial score (nSPS) is 30.1. The van der Waals surface area contributed by atoms with Crippen LogP contribution >= 0.6 is 23.5 Å². The number of likely N-dealkylation sites (N-methyl/N-ethyl adjacent to an activating group) is 1. The molecule has 5 heterocycles. The average Bonchev–Trinajstić information content (AvgIpc) is 3.46. The Morgan fingerprint density at radius 1 is 0.837 bits per heavy atom. The van der Waals surface area contributed by atoms with E-state index < -0.39 is 97.9 Å². The molecule has 0 spiro atoms. The SMILES string of the molecule is CCN1CCN(C(=O)N[C@@H](C(=O)N[C@@H]2C(=O)N3[C@@H]2SC(C)(C)[C@@H]3C(=O)N[C@@H]2C(=O)N3[C@@H]2SC(C)(C)[C@@H]3C(=O)O)c2ccccc2)C(=O)C1=O. The van der Waals surface area contributed by atoms with E-state index in [2.05, 4.69) is 16.0 Å². The molecule has 0 saturated carbocycles. The van der Waals surface area contributed by atoms with Crippen LogP contribution in [0.15, 0.2) is 30.3 Å². The minimum absolute atomic E-state index is 0.0531. The number of urea groups is 1. The van der Waals surface area contributed by atoms with Crippen molar-refractivity contribution in [2.45, 2.75) is 85.1 Å². The van der Waals surface area contributed by atoms with Gasteiger partial charge in [0.05, 0.1) is 0 Å². The molecule has 5 aliphatic heterocycles. The quantitative estimate of drug-likeness (QED) is 0.196. The van der Waals surface area contributed by atoms with Crippen LogP contribution < -0.4 is 16.0 Å². The third kappa shape index (κ3) is 5.57. The first kappa shape index (κ1) is 34.5. The highest BCUT2D eigenvalue weighted by Gasteiger charge is 2.67. The van der Waals surface area contributed by atoms with Gasteiger partial charge in [0.2, 0.25) is 23.6 Å². The van der Waals surface area contributed by atoms with E-state index in [1.165, 1.54) is 38.2 Å². The molecule has 6 rings (SSSR count). The second-order valence-electron chi connectivity index (χ2n) is 13.5. The monoisotopic (exact) mass is 715 g/mol. The first-order valence-electron chi connectivity index (χ1n) is 15.8. The zero-order chi connectivity index (χ0) is 35.7. The first-order chi connectivity index (χ1) is 23.0. The molecule has 0 aliphatic carbocycles. The maximum absolute atomic E-state index is 13.7. The molecular formula is C31H37N7O9S2. The zero-order valence-electron chi connectivity index (χ0n) is 27.4. The maximum atomic E-state index is 13.7. The molecule has 262 valence electrons. The summed E-state index contributed by atoms with van der Waals surface area (Å²) >= 11 is 2.60. The van der Waals surface area contributed by atoms with Crippen LogP contribution in [0.5, 0.6) is 0 Å². The molecule has 16 nitrogen and oxygen atoms in total. The predicted octanol–water partition coefficient (Wildman–Crippen LogP) is -0.693. The van der Waals surface area contributed by atoms with Crippen LogP contribution in [0, 0.1) is 0 Å². The highest BCUT2D eigenvalue weighted by atomic mass is 32.2. The molecule has 5 aliphatic rings. The molecule has 4 N–H and O–H groups in total. The molecule has 1 aromatic rings. The van der Waals surface area contributed by atoms with Crippen LogP contribution in [0.2, 0.25) is 0 Å². The molecule has 5 saturated heterocycles. The number of thioether (sulfide) groups is 2. The van der Waals surface area contributed by atoms with Crippen molar-refractivity contribution in [2.75, 3.05) is 19.6 Å². The molecule has 18 heteroatoms. The third-order valence-electron chi connectivity index (χ3n) is 9.56. The minimum atomic E-state index is -1.32. The van der Waals surface area contributed by atoms with Gasteiger partial charge < -0.3 is 35.8 Å². The molecular weight excluding hydrogens is 679 g/mol. The number of hydrogen-bond acceptors (Lipinski definition) is 10. The third-order valence-corrected chi connectivity index (χ3v) is 12.7. The fourth-order valence-electron chi connectivity index (χ4n) is 7.10. The molecule has 7 atom stereocenters. The van der Waals surface area contributed by atoms with Gasteiger partial charge in [0.25, 0.3) is 0 Å². The lowest BCUT2D eigenvalue weighted by Crippen LogP contribution is -2.74. The number of carboxylic acids is 1. The van der Waals surface area contributed by atoms with Crippen LogP contribution in [0.3, 0.4) is 0 Å². The number of fused-ring (bicyclic) bond motifs is 2. The second-order valence-corrected chi connectivity index (χ2v) is 17.0. The molecule has 0 radical (unpaired) electrons. The number of imide groups is 1. The van der Waals surface area contributed by atoms with Gasteiger partial charge in [-0.25, -0.2) is 9.59 Å². The number of amides is 8. The zero-order valence-corrected chi connectivity index (χ0v) is 29.0. The fourth-order valence-corrected chi connectivity index (χ4v) is 10.4. The van der Waals surface area contributed by atoms with E-state index in [9.17, 15) is 43.5 Å². The van der Waals surface area contributed by atoms with Gasteiger partial charge in [-0.1, -0.05) is 30.3 Å². The molecule has 1 aromatic carbocycles. The number of nitrogens with one attached hydrogen (secondary N) is 3. The summed E-state index contributed by atoms with van der Waals surface area (Å²) in [5.74, 6) is -5.29. The lowest BCUT2D eigenvalue weighted by atomic mass is 9.93. The van der Waals surface area contributed by atoms with Crippen molar-refractivity contribution in [3.05, 3.63) is 35.9 Å². The molecule has 0 unspecified atom stereocenters. The van der Waals surface area contributed by atoms with E-state index in [0.717, 1.165) is 4.90 Å².